The average Bonchev–Trinajstić information content (AvgIpc) is 2.37. The van der Waals surface area contributed by atoms with Crippen molar-refractivity contribution in [3.8, 4) is 0 Å². The van der Waals surface area contributed by atoms with E-state index >= 15 is 0 Å². The fourth-order valence-corrected chi connectivity index (χ4v) is 3.12. The van der Waals surface area contributed by atoms with Gasteiger partial charge in [0.1, 0.15) is 0 Å². The number of carbonyl (C=O) groups is 1. The molecule has 1 aromatic heterocycles. The number of aromatic amines is 1. The summed E-state index contributed by atoms with van der Waals surface area (Å²) in [6.45, 7) is 0.959. The Morgan fingerprint density at radius 3 is 2.95 bits per heavy atom. The van der Waals surface area contributed by atoms with Crippen molar-refractivity contribution in [3.63, 3.8) is 0 Å². The number of carbonyl (C=O) groups excluding carboxylic acids is 1. The van der Waals surface area contributed by atoms with Crippen LogP contribution in [0.1, 0.15) is 42.5 Å². The van der Waals surface area contributed by atoms with Gasteiger partial charge in [-0.15, -0.1) is 0 Å². The topological polar surface area (TPSA) is 74.0 Å². The van der Waals surface area contributed by atoms with Crippen molar-refractivity contribution in [3.05, 3.63) is 34.2 Å². The first-order chi connectivity index (χ1) is 9.17. The number of hydrogen-bond donors (Lipinski definition) is 3. The minimum absolute atomic E-state index is 0.146. The van der Waals surface area contributed by atoms with E-state index in [0.717, 1.165) is 19.4 Å². The van der Waals surface area contributed by atoms with Crippen LogP contribution in [0.2, 0.25) is 0 Å². The second-order valence-electron chi connectivity index (χ2n) is 5.67. The molecule has 5 heteroatoms. The molecule has 1 aliphatic heterocycles. The van der Waals surface area contributed by atoms with Crippen molar-refractivity contribution >= 4 is 5.91 Å². The fourth-order valence-electron chi connectivity index (χ4n) is 3.12. The lowest BCUT2D eigenvalue weighted by atomic mass is 9.70. The van der Waals surface area contributed by atoms with Crippen LogP contribution in [-0.2, 0) is 0 Å². The predicted molar refractivity (Wildman–Crippen MR) is 72.1 cm³/mol. The number of hydrogen-bond acceptors (Lipinski definition) is 3. The zero-order chi connectivity index (χ0) is 13.3. The molecule has 1 amide bonds. The van der Waals surface area contributed by atoms with E-state index in [1.165, 1.54) is 31.5 Å². The lowest BCUT2D eigenvalue weighted by Crippen LogP contribution is -2.59. The molecule has 0 bridgehead atoms. The first kappa shape index (κ1) is 12.4. The van der Waals surface area contributed by atoms with Crippen molar-refractivity contribution in [2.75, 3.05) is 6.54 Å². The summed E-state index contributed by atoms with van der Waals surface area (Å²) in [5, 5.41) is 6.63. The Morgan fingerprint density at radius 2 is 2.26 bits per heavy atom. The number of H-pyrrole nitrogens is 1. The summed E-state index contributed by atoms with van der Waals surface area (Å²) in [6.07, 6.45) is 7.17. The molecule has 1 spiro atoms. The van der Waals surface area contributed by atoms with Gasteiger partial charge >= 0.3 is 0 Å². The van der Waals surface area contributed by atoms with Crippen molar-refractivity contribution < 1.29 is 4.79 Å². The minimum Gasteiger partial charge on any atom is -0.349 e. The Bertz CT molecular complexity index is 533. The van der Waals surface area contributed by atoms with E-state index in [1.807, 2.05) is 0 Å². The van der Waals surface area contributed by atoms with Crippen LogP contribution in [0.4, 0.5) is 0 Å². The van der Waals surface area contributed by atoms with Gasteiger partial charge in [-0.1, -0.05) is 0 Å². The maximum absolute atomic E-state index is 12.1. The molecule has 0 aromatic carbocycles. The minimum atomic E-state index is -0.242. The molecule has 1 atom stereocenters. The molecular formula is C14H19N3O2. The highest BCUT2D eigenvalue weighted by molar-refractivity contribution is 5.94. The summed E-state index contributed by atoms with van der Waals surface area (Å²) < 4.78 is 0. The lowest BCUT2D eigenvalue weighted by Gasteiger charge is -2.48. The largest absolute Gasteiger partial charge is 0.349 e. The zero-order valence-corrected chi connectivity index (χ0v) is 10.9. The molecule has 2 fully saturated rings. The van der Waals surface area contributed by atoms with Gasteiger partial charge in [-0.2, -0.15) is 0 Å². The molecule has 19 heavy (non-hydrogen) atoms. The molecule has 3 rings (SSSR count). The van der Waals surface area contributed by atoms with Crippen molar-refractivity contribution in [1.82, 2.24) is 15.6 Å². The molecule has 2 aliphatic rings. The molecule has 0 radical (unpaired) electrons. The number of rotatable bonds is 2. The van der Waals surface area contributed by atoms with E-state index in [-0.39, 0.29) is 23.0 Å². The quantitative estimate of drug-likeness (QED) is 0.736. The molecule has 102 valence electrons. The Labute approximate surface area is 111 Å². The first-order valence-corrected chi connectivity index (χ1v) is 6.92. The SMILES string of the molecule is O=C(NC1CCNC2(CCC2)C1)c1cc[nH]c(=O)c1. The molecule has 1 aliphatic carbocycles. The Kier molecular flexibility index (Phi) is 3.14. The number of aromatic nitrogens is 1. The van der Waals surface area contributed by atoms with Gasteiger partial charge in [-0.25, -0.2) is 0 Å². The summed E-state index contributed by atoms with van der Waals surface area (Å²) in [4.78, 5) is 25.8. The molecule has 5 nitrogen and oxygen atoms in total. The van der Waals surface area contributed by atoms with Gasteiger partial charge in [-0.3, -0.25) is 9.59 Å². The highest BCUT2D eigenvalue weighted by Gasteiger charge is 2.41. The maximum atomic E-state index is 12.1. The average molecular weight is 261 g/mol. The summed E-state index contributed by atoms with van der Waals surface area (Å²) in [5.41, 5.74) is 0.461. The second-order valence-corrected chi connectivity index (χ2v) is 5.67. The van der Waals surface area contributed by atoms with E-state index in [1.54, 1.807) is 6.07 Å². The van der Waals surface area contributed by atoms with Gasteiger partial charge < -0.3 is 15.6 Å². The van der Waals surface area contributed by atoms with Gasteiger partial charge in [-0.05, 0) is 44.7 Å². The highest BCUT2D eigenvalue weighted by Crippen LogP contribution is 2.38. The summed E-state index contributed by atoms with van der Waals surface area (Å²) in [6, 6.07) is 3.19. The highest BCUT2D eigenvalue weighted by atomic mass is 16.2. The zero-order valence-electron chi connectivity index (χ0n) is 10.9. The molecule has 1 unspecified atom stereocenters. The van der Waals surface area contributed by atoms with Crippen LogP contribution < -0.4 is 16.2 Å². The van der Waals surface area contributed by atoms with Crippen LogP contribution in [0.15, 0.2) is 23.1 Å². The second kappa shape index (κ2) is 4.81. The molecule has 2 heterocycles. The summed E-state index contributed by atoms with van der Waals surface area (Å²) in [7, 11) is 0. The normalized spacial score (nSPS) is 24.7. The third-order valence-electron chi connectivity index (χ3n) is 4.31. The lowest BCUT2D eigenvalue weighted by molar-refractivity contribution is 0.0853. The first-order valence-electron chi connectivity index (χ1n) is 6.92. The van der Waals surface area contributed by atoms with Crippen LogP contribution in [0.25, 0.3) is 0 Å². The monoisotopic (exact) mass is 261 g/mol. The molecule has 1 saturated heterocycles. The van der Waals surface area contributed by atoms with E-state index in [0.29, 0.717) is 5.56 Å². The van der Waals surface area contributed by atoms with Gasteiger partial charge in [0.25, 0.3) is 5.91 Å². The van der Waals surface area contributed by atoms with Crippen LogP contribution in [-0.4, -0.2) is 29.0 Å². The Hall–Kier alpha value is -1.62. The van der Waals surface area contributed by atoms with Gasteiger partial charge in [0, 0.05) is 29.4 Å². The van der Waals surface area contributed by atoms with E-state index in [4.69, 9.17) is 0 Å². The molecule has 3 N–H and O–H groups in total. The Morgan fingerprint density at radius 1 is 1.42 bits per heavy atom. The number of piperidine rings is 1. The van der Waals surface area contributed by atoms with Gasteiger partial charge in [0.2, 0.25) is 5.56 Å². The van der Waals surface area contributed by atoms with E-state index in [2.05, 4.69) is 15.6 Å². The van der Waals surface area contributed by atoms with Gasteiger partial charge in [0.15, 0.2) is 0 Å². The molecule has 1 saturated carbocycles. The number of amides is 1. The van der Waals surface area contributed by atoms with Crippen molar-refractivity contribution in [2.45, 2.75) is 43.7 Å². The van der Waals surface area contributed by atoms with Crippen LogP contribution in [0, 0.1) is 0 Å². The van der Waals surface area contributed by atoms with Crippen molar-refractivity contribution in [1.29, 1.82) is 0 Å². The molecular weight excluding hydrogens is 242 g/mol. The smallest absolute Gasteiger partial charge is 0.251 e. The fraction of sp³-hybridized carbons (Fsp3) is 0.571. The van der Waals surface area contributed by atoms with E-state index < -0.39 is 0 Å². The molecule has 1 aromatic rings. The van der Waals surface area contributed by atoms with Crippen molar-refractivity contribution in [2.24, 2.45) is 0 Å². The van der Waals surface area contributed by atoms with E-state index in [9.17, 15) is 9.59 Å². The summed E-state index contributed by atoms with van der Waals surface area (Å²) >= 11 is 0. The summed E-state index contributed by atoms with van der Waals surface area (Å²) in [5.74, 6) is -0.146. The van der Waals surface area contributed by atoms with Crippen LogP contribution in [0.3, 0.4) is 0 Å². The van der Waals surface area contributed by atoms with Crippen LogP contribution in [0.5, 0.6) is 0 Å². The van der Waals surface area contributed by atoms with Crippen LogP contribution >= 0.6 is 0 Å². The maximum Gasteiger partial charge on any atom is 0.251 e. The number of pyridine rings is 1. The Balaban J connectivity index is 1.64. The predicted octanol–water partition coefficient (Wildman–Crippen LogP) is 0.779. The number of nitrogens with one attached hydrogen (secondary N) is 3. The third-order valence-corrected chi connectivity index (χ3v) is 4.31. The third kappa shape index (κ3) is 2.56. The van der Waals surface area contributed by atoms with Gasteiger partial charge in [0.05, 0.1) is 0 Å². The standard InChI is InChI=1S/C14H19N3O2/c18-12-8-10(2-6-15-12)13(19)17-11-3-7-16-14(9-11)4-1-5-14/h2,6,8,11,16H,1,3-5,7,9H2,(H,15,18)(H,17,19).